The number of carbonyl (C=O) groups excluding carboxylic acids is 2. The molecule has 1 aliphatic heterocycles. The summed E-state index contributed by atoms with van der Waals surface area (Å²) in [7, 11) is 0. The molecule has 4 heteroatoms. The Morgan fingerprint density at radius 1 is 1.27 bits per heavy atom. The van der Waals surface area contributed by atoms with Gasteiger partial charge in [-0.15, -0.1) is 0 Å². The van der Waals surface area contributed by atoms with Crippen LogP contribution in [0, 0.1) is 13.8 Å². The maximum absolute atomic E-state index is 11.5. The third-order valence-electron chi connectivity index (χ3n) is 2.66. The van der Waals surface area contributed by atoms with Crippen molar-refractivity contribution in [2.75, 3.05) is 11.4 Å². The Morgan fingerprint density at radius 2 is 2.00 bits per heavy atom. The van der Waals surface area contributed by atoms with E-state index in [2.05, 4.69) is 5.32 Å². The van der Waals surface area contributed by atoms with Crippen molar-refractivity contribution in [1.29, 1.82) is 0 Å². The van der Waals surface area contributed by atoms with Gasteiger partial charge < -0.3 is 5.32 Å². The van der Waals surface area contributed by atoms with E-state index in [0.29, 0.717) is 5.69 Å². The van der Waals surface area contributed by atoms with Crippen molar-refractivity contribution in [3.63, 3.8) is 0 Å². The lowest BCUT2D eigenvalue weighted by Crippen LogP contribution is -2.31. The maximum Gasteiger partial charge on any atom is 0.329 e. The Morgan fingerprint density at radius 3 is 2.60 bits per heavy atom. The SMILES string of the molecule is Cc1cccc(N2C(=O)CNC2=O)c1C. The molecule has 0 aromatic heterocycles. The molecule has 2 rings (SSSR count). The highest BCUT2D eigenvalue weighted by Gasteiger charge is 2.30. The minimum Gasteiger partial charge on any atom is -0.328 e. The topological polar surface area (TPSA) is 49.4 Å². The predicted molar refractivity (Wildman–Crippen MR) is 56.8 cm³/mol. The average molecular weight is 204 g/mol. The number of carbonyl (C=O) groups is 2. The fourth-order valence-electron chi connectivity index (χ4n) is 1.64. The number of rotatable bonds is 1. The number of hydrogen-bond acceptors (Lipinski definition) is 2. The molecule has 15 heavy (non-hydrogen) atoms. The van der Waals surface area contributed by atoms with E-state index in [0.717, 1.165) is 11.1 Å². The van der Waals surface area contributed by atoms with Gasteiger partial charge in [-0.2, -0.15) is 0 Å². The fraction of sp³-hybridized carbons (Fsp3) is 0.273. The molecule has 3 amide bonds. The average Bonchev–Trinajstić information content (AvgIpc) is 2.52. The van der Waals surface area contributed by atoms with Gasteiger partial charge in [0.15, 0.2) is 0 Å². The summed E-state index contributed by atoms with van der Waals surface area (Å²) in [5.74, 6) is -0.200. The largest absolute Gasteiger partial charge is 0.329 e. The summed E-state index contributed by atoms with van der Waals surface area (Å²) in [5, 5.41) is 2.50. The van der Waals surface area contributed by atoms with Gasteiger partial charge in [0.25, 0.3) is 5.91 Å². The van der Waals surface area contributed by atoms with Crippen molar-refractivity contribution in [1.82, 2.24) is 5.32 Å². The lowest BCUT2D eigenvalue weighted by Gasteiger charge is -2.16. The van der Waals surface area contributed by atoms with Crippen molar-refractivity contribution in [2.45, 2.75) is 13.8 Å². The Balaban J connectivity index is 2.49. The second kappa shape index (κ2) is 3.38. The zero-order valence-electron chi connectivity index (χ0n) is 8.70. The first-order valence-corrected chi connectivity index (χ1v) is 4.78. The van der Waals surface area contributed by atoms with E-state index in [-0.39, 0.29) is 18.5 Å². The molecule has 0 atom stereocenters. The highest BCUT2D eigenvalue weighted by atomic mass is 16.2. The molecule has 0 radical (unpaired) electrons. The lowest BCUT2D eigenvalue weighted by molar-refractivity contribution is -0.115. The number of benzene rings is 1. The molecule has 0 spiro atoms. The highest BCUT2D eigenvalue weighted by molar-refractivity contribution is 6.20. The first-order chi connectivity index (χ1) is 7.11. The molecule has 1 aromatic rings. The number of aryl methyl sites for hydroxylation is 1. The lowest BCUT2D eigenvalue weighted by atomic mass is 10.1. The van der Waals surface area contributed by atoms with Gasteiger partial charge in [0.05, 0.1) is 12.2 Å². The Hall–Kier alpha value is -1.84. The fourth-order valence-corrected chi connectivity index (χ4v) is 1.64. The third-order valence-corrected chi connectivity index (χ3v) is 2.66. The molecule has 1 aromatic carbocycles. The monoisotopic (exact) mass is 204 g/mol. The minimum absolute atomic E-state index is 0.0895. The molecule has 1 saturated heterocycles. The molecule has 1 heterocycles. The second-order valence-electron chi connectivity index (χ2n) is 3.61. The number of nitrogens with zero attached hydrogens (tertiary/aromatic N) is 1. The van der Waals surface area contributed by atoms with E-state index < -0.39 is 0 Å². The van der Waals surface area contributed by atoms with Crippen LogP contribution in [0.15, 0.2) is 18.2 Å². The van der Waals surface area contributed by atoms with Crippen LogP contribution in [0.1, 0.15) is 11.1 Å². The van der Waals surface area contributed by atoms with Crippen LogP contribution in [0.4, 0.5) is 10.5 Å². The van der Waals surface area contributed by atoms with Crippen molar-refractivity contribution >= 4 is 17.6 Å². The van der Waals surface area contributed by atoms with E-state index in [1.807, 2.05) is 26.0 Å². The number of hydrogen-bond donors (Lipinski definition) is 1. The number of urea groups is 1. The molecule has 1 fully saturated rings. The van der Waals surface area contributed by atoms with Gasteiger partial charge in [0.1, 0.15) is 0 Å². The van der Waals surface area contributed by atoms with E-state index >= 15 is 0 Å². The van der Waals surface area contributed by atoms with Gasteiger partial charge in [-0.3, -0.25) is 4.79 Å². The number of nitrogens with one attached hydrogen (secondary N) is 1. The summed E-state index contributed by atoms with van der Waals surface area (Å²) in [6.07, 6.45) is 0. The summed E-state index contributed by atoms with van der Waals surface area (Å²) in [6, 6.07) is 5.24. The maximum atomic E-state index is 11.5. The predicted octanol–water partition coefficient (Wildman–Crippen LogP) is 1.36. The Kier molecular flexibility index (Phi) is 2.19. The van der Waals surface area contributed by atoms with Gasteiger partial charge in [0, 0.05) is 0 Å². The Labute approximate surface area is 87.9 Å². The summed E-state index contributed by atoms with van der Waals surface area (Å²) >= 11 is 0. The second-order valence-corrected chi connectivity index (χ2v) is 3.61. The van der Waals surface area contributed by atoms with Crippen LogP contribution < -0.4 is 10.2 Å². The smallest absolute Gasteiger partial charge is 0.328 e. The molecule has 0 aliphatic carbocycles. The van der Waals surface area contributed by atoms with Crippen LogP contribution in [0.5, 0.6) is 0 Å². The summed E-state index contributed by atoms with van der Waals surface area (Å²) in [6.45, 7) is 3.95. The summed E-state index contributed by atoms with van der Waals surface area (Å²) in [5.41, 5.74) is 2.71. The van der Waals surface area contributed by atoms with Crippen LogP contribution in [-0.2, 0) is 4.79 Å². The van der Waals surface area contributed by atoms with E-state index in [1.165, 1.54) is 4.90 Å². The van der Waals surface area contributed by atoms with E-state index in [9.17, 15) is 9.59 Å². The standard InChI is InChI=1S/C11H12N2O2/c1-7-4-3-5-9(8(7)2)13-10(14)6-12-11(13)15/h3-5H,6H2,1-2H3,(H,12,15). The van der Waals surface area contributed by atoms with Gasteiger partial charge in [-0.25, -0.2) is 9.69 Å². The summed E-state index contributed by atoms with van der Waals surface area (Å²) < 4.78 is 0. The quantitative estimate of drug-likeness (QED) is 0.702. The van der Waals surface area contributed by atoms with Crippen molar-refractivity contribution in [3.8, 4) is 0 Å². The minimum atomic E-state index is -0.339. The normalized spacial score (nSPS) is 15.7. The molecular formula is C11H12N2O2. The van der Waals surface area contributed by atoms with Crippen molar-refractivity contribution < 1.29 is 9.59 Å². The molecule has 78 valence electrons. The Bertz CT molecular complexity index is 424. The number of imide groups is 1. The zero-order chi connectivity index (χ0) is 11.0. The van der Waals surface area contributed by atoms with Crippen molar-refractivity contribution in [2.24, 2.45) is 0 Å². The van der Waals surface area contributed by atoms with Crippen LogP contribution in [0.2, 0.25) is 0 Å². The van der Waals surface area contributed by atoms with Gasteiger partial charge in [0.2, 0.25) is 0 Å². The first kappa shape index (κ1) is 9.71. The highest BCUT2D eigenvalue weighted by Crippen LogP contribution is 2.24. The van der Waals surface area contributed by atoms with Crippen molar-refractivity contribution in [3.05, 3.63) is 29.3 Å². The van der Waals surface area contributed by atoms with E-state index in [4.69, 9.17) is 0 Å². The van der Waals surface area contributed by atoms with E-state index in [1.54, 1.807) is 6.07 Å². The van der Waals surface area contributed by atoms with Gasteiger partial charge >= 0.3 is 6.03 Å². The third kappa shape index (κ3) is 1.48. The zero-order valence-corrected chi connectivity index (χ0v) is 8.70. The van der Waals surface area contributed by atoms with Crippen LogP contribution in [0.3, 0.4) is 0 Å². The van der Waals surface area contributed by atoms with Crippen LogP contribution >= 0.6 is 0 Å². The van der Waals surface area contributed by atoms with Crippen LogP contribution in [0.25, 0.3) is 0 Å². The first-order valence-electron chi connectivity index (χ1n) is 4.78. The number of amides is 3. The molecule has 0 unspecified atom stereocenters. The number of anilines is 1. The molecule has 4 nitrogen and oxygen atoms in total. The van der Waals surface area contributed by atoms with Crippen LogP contribution in [-0.4, -0.2) is 18.5 Å². The van der Waals surface area contributed by atoms with Gasteiger partial charge in [-0.1, -0.05) is 12.1 Å². The molecule has 1 N–H and O–H groups in total. The summed E-state index contributed by atoms with van der Waals surface area (Å²) in [4.78, 5) is 24.1. The molecule has 0 saturated carbocycles. The van der Waals surface area contributed by atoms with Gasteiger partial charge in [-0.05, 0) is 31.0 Å². The molecule has 0 bridgehead atoms. The molecular weight excluding hydrogens is 192 g/mol. The molecule has 1 aliphatic rings.